The first kappa shape index (κ1) is 21.4. The first-order valence-electron chi connectivity index (χ1n) is 10.8. The molecule has 0 spiro atoms. The number of hydrogen-bond acceptors (Lipinski definition) is 6. The highest BCUT2D eigenvalue weighted by Crippen LogP contribution is 2.30. The van der Waals surface area contributed by atoms with E-state index in [1.54, 1.807) is 7.11 Å². The summed E-state index contributed by atoms with van der Waals surface area (Å²) in [5.41, 5.74) is 2.99. The van der Waals surface area contributed by atoms with Gasteiger partial charge in [-0.1, -0.05) is 54.6 Å². The summed E-state index contributed by atoms with van der Waals surface area (Å²) in [5.74, 6) is 3.01. The number of allylic oxidation sites excluding steroid dienone is 2. The number of benzene rings is 2. The standard InChI is InChI=1S/C26H28N4O2/c1-3-32-22-15-13-19(14-16-22)23-18-28-26(29-21-10-5-4-6-11-21)30-25(23)27-17-20-9-7-8-12-24(20)31-2/h5-16,18,21H,3-4,17H2,1-2H3,(H2,27,28,29,30). The van der Waals surface area contributed by atoms with Crippen molar-refractivity contribution in [3.05, 3.63) is 84.6 Å². The van der Waals surface area contributed by atoms with Crippen LogP contribution in [0.4, 0.5) is 11.8 Å². The highest BCUT2D eigenvalue weighted by atomic mass is 16.5. The molecule has 0 saturated heterocycles. The van der Waals surface area contributed by atoms with Crippen molar-refractivity contribution in [3.63, 3.8) is 0 Å². The van der Waals surface area contributed by atoms with Gasteiger partial charge in [-0.05, 0) is 37.1 Å². The lowest BCUT2D eigenvalue weighted by Gasteiger charge is -2.17. The van der Waals surface area contributed by atoms with Crippen LogP contribution in [0.15, 0.2) is 79.0 Å². The van der Waals surface area contributed by atoms with Gasteiger partial charge in [0.2, 0.25) is 5.95 Å². The van der Waals surface area contributed by atoms with Gasteiger partial charge in [-0.2, -0.15) is 4.98 Å². The zero-order chi connectivity index (χ0) is 22.2. The van der Waals surface area contributed by atoms with Crippen LogP contribution in [-0.2, 0) is 6.54 Å². The predicted octanol–water partition coefficient (Wildman–Crippen LogP) is 5.46. The average Bonchev–Trinajstić information content (AvgIpc) is 2.84. The van der Waals surface area contributed by atoms with Gasteiger partial charge in [0.1, 0.15) is 17.3 Å². The molecule has 32 heavy (non-hydrogen) atoms. The number of ether oxygens (including phenoxy) is 2. The molecule has 0 unspecified atom stereocenters. The largest absolute Gasteiger partial charge is 0.496 e. The summed E-state index contributed by atoms with van der Waals surface area (Å²) >= 11 is 0. The number of nitrogens with zero attached hydrogens (tertiary/aromatic N) is 2. The highest BCUT2D eigenvalue weighted by molar-refractivity contribution is 5.75. The van der Waals surface area contributed by atoms with E-state index in [-0.39, 0.29) is 6.04 Å². The number of aromatic nitrogens is 2. The van der Waals surface area contributed by atoms with Gasteiger partial charge >= 0.3 is 0 Å². The van der Waals surface area contributed by atoms with E-state index in [1.165, 1.54) is 0 Å². The normalized spacial score (nSPS) is 13.1. The van der Waals surface area contributed by atoms with E-state index in [9.17, 15) is 0 Å². The Hall–Kier alpha value is -3.80. The van der Waals surface area contributed by atoms with Crippen molar-refractivity contribution in [2.75, 3.05) is 24.4 Å². The van der Waals surface area contributed by atoms with Crippen LogP contribution in [-0.4, -0.2) is 29.7 Å². The lowest BCUT2D eigenvalue weighted by Crippen LogP contribution is -2.18. The fourth-order valence-electron chi connectivity index (χ4n) is 3.56. The molecule has 0 amide bonds. The minimum absolute atomic E-state index is 0.0853. The van der Waals surface area contributed by atoms with E-state index >= 15 is 0 Å². The van der Waals surface area contributed by atoms with E-state index in [4.69, 9.17) is 14.5 Å². The monoisotopic (exact) mass is 428 g/mol. The van der Waals surface area contributed by atoms with Crippen molar-refractivity contribution >= 4 is 11.8 Å². The fourth-order valence-corrected chi connectivity index (χ4v) is 3.56. The average molecular weight is 429 g/mol. The van der Waals surface area contributed by atoms with E-state index < -0.39 is 0 Å². The molecule has 0 aliphatic heterocycles. The van der Waals surface area contributed by atoms with E-state index in [1.807, 2.05) is 61.7 Å². The molecule has 0 radical (unpaired) electrons. The zero-order valence-electron chi connectivity index (χ0n) is 18.4. The third-order valence-corrected chi connectivity index (χ3v) is 5.16. The molecule has 0 bridgehead atoms. The van der Waals surface area contributed by atoms with Crippen LogP contribution in [0.3, 0.4) is 0 Å². The number of hydrogen-bond donors (Lipinski definition) is 2. The maximum absolute atomic E-state index is 5.58. The second kappa shape index (κ2) is 10.5. The number of para-hydroxylation sites is 1. The molecule has 1 aliphatic carbocycles. The second-order valence-corrected chi connectivity index (χ2v) is 7.34. The van der Waals surface area contributed by atoms with E-state index in [2.05, 4.69) is 39.9 Å². The van der Waals surface area contributed by atoms with Gasteiger partial charge < -0.3 is 20.1 Å². The zero-order valence-corrected chi connectivity index (χ0v) is 18.4. The second-order valence-electron chi connectivity index (χ2n) is 7.34. The Balaban J connectivity index is 1.62. The molecule has 6 nitrogen and oxygen atoms in total. The van der Waals surface area contributed by atoms with Crippen LogP contribution in [0, 0.1) is 0 Å². The number of nitrogens with one attached hydrogen (secondary N) is 2. The molecule has 1 aromatic heterocycles. The van der Waals surface area contributed by atoms with Crippen molar-refractivity contribution < 1.29 is 9.47 Å². The molecule has 0 saturated carbocycles. The molecule has 2 aromatic carbocycles. The highest BCUT2D eigenvalue weighted by Gasteiger charge is 2.13. The summed E-state index contributed by atoms with van der Waals surface area (Å²) in [4.78, 5) is 9.37. The number of anilines is 2. The van der Waals surface area contributed by atoms with Gasteiger partial charge in [0.25, 0.3) is 0 Å². The summed E-state index contributed by atoms with van der Waals surface area (Å²) in [7, 11) is 1.68. The van der Waals surface area contributed by atoms with Crippen LogP contribution in [0.1, 0.15) is 18.9 Å². The lowest BCUT2D eigenvalue weighted by molar-refractivity contribution is 0.340. The van der Waals surface area contributed by atoms with Crippen molar-refractivity contribution in [2.24, 2.45) is 0 Å². The Kier molecular flexibility index (Phi) is 7.02. The fraction of sp³-hybridized carbons (Fsp3) is 0.231. The van der Waals surface area contributed by atoms with Crippen molar-refractivity contribution in [1.29, 1.82) is 0 Å². The molecule has 0 atom stereocenters. The van der Waals surface area contributed by atoms with Gasteiger partial charge in [0.05, 0.1) is 19.8 Å². The van der Waals surface area contributed by atoms with Gasteiger partial charge in [0, 0.05) is 23.9 Å². The van der Waals surface area contributed by atoms with Crippen molar-refractivity contribution in [2.45, 2.75) is 25.9 Å². The minimum Gasteiger partial charge on any atom is -0.496 e. The van der Waals surface area contributed by atoms with Crippen LogP contribution in [0.25, 0.3) is 11.1 Å². The van der Waals surface area contributed by atoms with E-state index in [0.29, 0.717) is 19.1 Å². The van der Waals surface area contributed by atoms with Crippen LogP contribution < -0.4 is 20.1 Å². The van der Waals surface area contributed by atoms with Crippen LogP contribution in [0.2, 0.25) is 0 Å². The third kappa shape index (κ3) is 5.27. The SMILES string of the molecule is CCOc1ccc(-c2cnc(NC3C=CCC=C3)nc2NCc2ccccc2OC)cc1. The molecule has 164 valence electrons. The van der Waals surface area contributed by atoms with Crippen molar-refractivity contribution in [3.8, 4) is 22.6 Å². The molecule has 6 heteroatoms. The van der Waals surface area contributed by atoms with Gasteiger partial charge in [0.15, 0.2) is 0 Å². The first-order chi connectivity index (χ1) is 15.8. The summed E-state index contributed by atoms with van der Waals surface area (Å²) in [6, 6.07) is 16.0. The Labute approximate surface area is 189 Å². The molecule has 0 fully saturated rings. The lowest BCUT2D eigenvalue weighted by atomic mass is 10.1. The van der Waals surface area contributed by atoms with Gasteiger partial charge in [-0.3, -0.25) is 0 Å². The Bertz CT molecular complexity index is 1080. The summed E-state index contributed by atoms with van der Waals surface area (Å²) < 4.78 is 11.1. The number of methoxy groups -OCH3 is 1. The Morgan fingerprint density at radius 2 is 1.81 bits per heavy atom. The predicted molar refractivity (Wildman–Crippen MR) is 129 cm³/mol. The Morgan fingerprint density at radius 1 is 1.03 bits per heavy atom. The molecular formula is C26H28N4O2. The molecule has 3 aromatic rings. The molecule has 2 N–H and O–H groups in total. The maximum atomic E-state index is 5.58. The molecule has 1 aliphatic rings. The third-order valence-electron chi connectivity index (χ3n) is 5.16. The topological polar surface area (TPSA) is 68.3 Å². The summed E-state index contributed by atoms with van der Waals surface area (Å²) in [6.07, 6.45) is 11.3. The quantitative estimate of drug-likeness (QED) is 0.441. The summed E-state index contributed by atoms with van der Waals surface area (Å²) in [5, 5.41) is 6.85. The Morgan fingerprint density at radius 3 is 2.56 bits per heavy atom. The molecule has 4 rings (SSSR count). The van der Waals surface area contributed by atoms with Gasteiger partial charge in [-0.15, -0.1) is 0 Å². The number of rotatable bonds is 9. The smallest absolute Gasteiger partial charge is 0.225 e. The first-order valence-corrected chi connectivity index (χ1v) is 10.8. The molecule has 1 heterocycles. The van der Waals surface area contributed by atoms with Crippen molar-refractivity contribution in [1.82, 2.24) is 9.97 Å². The summed E-state index contributed by atoms with van der Waals surface area (Å²) in [6.45, 7) is 3.19. The van der Waals surface area contributed by atoms with Crippen LogP contribution >= 0.6 is 0 Å². The van der Waals surface area contributed by atoms with Crippen LogP contribution in [0.5, 0.6) is 11.5 Å². The maximum Gasteiger partial charge on any atom is 0.225 e. The van der Waals surface area contributed by atoms with Gasteiger partial charge in [-0.25, -0.2) is 4.98 Å². The van der Waals surface area contributed by atoms with E-state index in [0.717, 1.165) is 40.4 Å². The minimum atomic E-state index is 0.0853. The molecular weight excluding hydrogens is 400 g/mol.